The number of carbonyl (C=O) groups excluding carboxylic acids is 1. The van der Waals surface area contributed by atoms with E-state index in [1.165, 1.54) is 32.4 Å². The van der Waals surface area contributed by atoms with E-state index in [4.69, 9.17) is 11.6 Å². The Balaban J connectivity index is 1.47. The van der Waals surface area contributed by atoms with E-state index in [-0.39, 0.29) is 6.03 Å². The van der Waals surface area contributed by atoms with E-state index < -0.39 is 0 Å². The molecule has 2 aliphatic rings. The Hall–Kier alpha value is -1.26. The first-order chi connectivity index (χ1) is 9.72. The molecular formula is C15H20ClN3O. The van der Waals surface area contributed by atoms with Gasteiger partial charge in [0.05, 0.1) is 0 Å². The van der Waals surface area contributed by atoms with Crippen molar-refractivity contribution >= 4 is 23.3 Å². The molecule has 20 heavy (non-hydrogen) atoms. The van der Waals surface area contributed by atoms with Gasteiger partial charge < -0.3 is 10.2 Å². The zero-order chi connectivity index (χ0) is 13.9. The lowest BCUT2D eigenvalue weighted by Gasteiger charge is -2.46. The normalized spacial score (nSPS) is 20.6. The number of amides is 2. The van der Waals surface area contributed by atoms with E-state index in [0.29, 0.717) is 11.1 Å². The third-order valence-electron chi connectivity index (χ3n) is 4.15. The zero-order valence-electron chi connectivity index (χ0n) is 11.5. The number of halogens is 1. The lowest BCUT2D eigenvalue weighted by atomic mass is 10.0. The number of nitrogens with zero attached hydrogens (tertiary/aromatic N) is 2. The van der Waals surface area contributed by atoms with Crippen LogP contribution in [0.5, 0.6) is 0 Å². The lowest BCUT2D eigenvalue weighted by molar-refractivity contribution is 0.0493. The van der Waals surface area contributed by atoms with E-state index in [1.807, 2.05) is 17.0 Å². The molecule has 5 heteroatoms. The molecule has 2 amide bonds. The predicted molar refractivity (Wildman–Crippen MR) is 81.3 cm³/mol. The number of likely N-dealkylation sites (tertiary alicyclic amines) is 2. The van der Waals surface area contributed by atoms with Crippen molar-refractivity contribution < 1.29 is 4.79 Å². The summed E-state index contributed by atoms with van der Waals surface area (Å²) >= 11 is 5.83. The Bertz CT molecular complexity index is 465. The van der Waals surface area contributed by atoms with Crippen LogP contribution in [0.1, 0.15) is 19.3 Å². The molecule has 0 aliphatic carbocycles. The van der Waals surface area contributed by atoms with Gasteiger partial charge in [-0.1, -0.05) is 18.0 Å². The van der Waals surface area contributed by atoms with Crippen molar-refractivity contribution in [3.63, 3.8) is 0 Å². The smallest absolute Gasteiger partial charge is 0.321 e. The number of rotatable bonds is 2. The predicted octanol–water partition coefficient (Wildman–Crippen LogP) is 3.04. The van der Waals surface area contributed by atoms with Gasteiger partial charge in [0, 0.05) is 29.8 Å². The molecule has 0 radical (unpaired) electrons. The Morgan fingerprint density at radius 3 is 2.40 bits per heavy atom. The van der Waals surface area contributed by atoms with E-state index in [9.17, 15) is 4.79 Å². The van der Waals surface area contributed by atoms with E-state index in [2.05, 4.69) is 10.2 Å². The summed E-state index contributed by atoms with van der Waals surface area (Å²) < 4.78 is 0. The van der Waals surface area contributed by atoms with Crippen molar-refractivity contribution in [1.82, 2.24) is 9.80 Å². The largest absolute Gasteiger partial charge is 0.321 e. The molecule has 1 aromatic rings. The lowest BCUT2D eigenvalue weighted by Crippen LogP contribution is -2.62. The fraction of sp³-hybridized carbons (Fsp3) is 0.533. The molecule has 2 fully saturated rings. The second kappa shape index (κ2) is 6.02. The van der Waals surface area contributed by atoms with Crippen LogP contribution >= 0.6 is 11.6 Å². The van der Waals surface area contributed by atoms with E-state index in [1.54, 1.807) is 12.1 Å². The van der Waals surface area contributed by atoms with Crippen LogP contribution in [0.4, 0.5) is 10.5 Å². The van der Waals surface area contributed by atoms with E-state index >= 15 is 0 Å². The number of hydrogen-bond acceptors (Lipinski definition) is 2. The molecule has 2 heterocycles. The molecule has 3 rings (SSSR count). The van der Waals surface area contributed by atoms with E-state index in [0.717, 1.165) is 18.8 Å². The standard InChI is InChI=1S/C15H20ClN3O/c16-12-4-6-13(7-5-12)17-15(20)19-10-14(11-19)18-8-2-1-3-9-18/h4-7,14H,1-3,8-11H2,(H,17,20). The van der Waals surface area contributed by atoms with Crippen molar-refractivity contribution in [2.75, 3.05) is 31.5 Å². The van der Waals surface area contributed by atoms with Gasteiger partial charge in [-0.3, -0.25) is 4.90 Å². The number of nitrogens with one attached hydrogen (secondary N) is 1. The molecular weight excluding hydrogens is 274 g/mol. The molecule has 0 aromatic heterocycles. The van der Waals surface area contributed by atoms with Crippen LogP contribution in [-0.2, 0) is 0 Å². The molecule has 2 aliphatic heterocycles. The molecule has 0 atom stereocenters. The van der Waals surface area contributed by atoms with Crippen LogP contribution < -0.4 is 5.32 Å². The topological polar surface area (TPSA) is 35.6 Å². The summed E-state index contributed by atoms with van der Waals surface area (Å²) in [5.74, 6) is 0. The summed E-state index contributed by atoms with van der Waals surface area (Å²) in [6.45, 7) is 4.08. The Morgan fingerprint density at radius 2 is 1.75 bits per heavy atom. The summed E-state index contributed by atoms with van der Waals surface area (Å²) in [4.78, 5) is 16.5. The molecule has 0 bridgehead atoms. The summed E-state index contributed by atoms with van der Waals surface area (Å²) in [5.41, 5.74) is 0.792. The number of anilines is 1. The highest BCUT2D eigenvalue weighted by molar-refractivity contribution is 6.30. The molecule has 108 valence electrons. The summed E-state index contributed by atoms with van der Waals surface area (Å²) in [7, 11) is 0. The summed E-state index contributed by atoms with van der Waals surface area (Å²) in [6.07, 6.45) is 3.95. The molecule has 0 spiro atoms. The van der Waals surface area contributed by atoms with Crippen LogP contribution in [-0.4, -0.2) is 48.1 Å². The first kappa shape index (κ1) is 13.7. The van der Waals surface area contributed by atoms with Crippen molar-refractivity contribution in [3.8, 4) is 0 Å². The molecule has 1 N–H and O–H groups in total. The highest BCUT2D eigenvalue weighted by Gasteiger charge is 2.35. The quantitative estimate of drug-likeness (QED) is 0.910. The number of piperidine rings is 1. The van der Waals surface area contributed by atoms with Crippen LogP contribution in [0.15, 0.2) is 24.3 Å². The van der Waals surface area contributed by atoms with Crippen LogP contribution in [0.3, 0.4) is 0 Å². The van der Waals surface area contributed by atoms with Gasteiger partial charge in [-0.15, -0.1) is 0 Å². The maximum atomic E-state index is 12.1. The van der Waals surface area contributed by atoms with Gasteiger partial charge in [0.15, 0.2) is 0 Å². The van der Waals surface area contributed by atoms with Gasteiger partial charge in [0.2, 0.25) is 0 Å². The van der Waals surface area contributed by atoms with Gasteiger partial charge >= 0.3 is 6.03 Å². The third-order valence-corrected chi connectivity index (χ3v) is 4.40. The number of carbonyl (C=O) groups is 1. The van der Waals surface area contributed by atoms with Gasteiger partial charge in [0.1, 0.15) is 0 Å². The minimum Gasteiger partial charge on any atom is -0.321 e. The molecule has 1 aromatic carbocycles. The fourth-order valence-electron chi connectivity index (χ4n) is 2.87. The SMILES string of the molecule is O=C(Nc1ccc(Cl)cc1)N1CC(N2CCCCC2)C1. The third kappa shape index (κ3) is 3.07. The molecule has 4 nitrogen and oxygen atoms in total. The molecule has 0 saturated carbocycles. The van der Waals surface area contributed by atoms with Crippen molar-refractivity contribution in [2.45, 2.75) is 25.3 Å². The second-order valence-electron chi connectivity index (χ2n) is 5.59. The van der Waals surface area contributed by atoms with Crippen LogP contribution in [0.2, 0.25) is 5.02 Å². The van der Waals surface area contributed by atoms with Crippen LogP contribution in [0.25, 0.3) is 0 Å². The van der Waals surface area contributed by atoms with Crippen molar-refractivity contribution in [3.05, 3.63) is 29.3 Å². The van der Waals surface area contributed by atoms with Crippen LogP contribution in [0, 0.1) is 0 Å². The Kier molecular flexibility index (Phi) is 4.13. The minimum atomic E-state index is -0.0134. The zero-order valence-corrected chi connectivity index (χ0v) is 12.3. The average molecular weight is 294 g/mol. The second-order valence-corrected chi connectivity index (χ2v) is 6.03. The van der Waals surface area contributed by atoms with Gasteiger partial charge in [0.25, 0.3) is 0 Å². The van der Waals surface area contributed by atoms with Gasteiger partial charge in [-0.25, -0.2) is 4.79 Å². The highest BCUT2D eigenvalue weighted by atomic mass is 35.5. The van der Waals surface area contributed by atoms with Gasteiger partial charge in [-0.2, -0.15) is 0 Å². The van der Waals surface area contributed by atoms with Gasteiger partial charge in [-0.05, 0) is 50.2 Å². The number of urea groups is 1. The monoisotopic (exact) mass is 293 g/mol. The molecule has 2 saturated heterocycles. The Labute approximate surface area is 124 Å². The van der Waals surface area contributed by atoms with Crippen molar-refractivity contribution in [2.24, 2.45) is 0 Å². The number of hydrogen-bond donors (Lipinski definition) is 1. The summed E-state index contributed by atoms with van der Waals surface area (Å²) in [5, 5.41) is 3.58. The summed E-state index contributed by atoms with van der Waals surface area (Å²) in [6, 6.07) is 7.75. The minimum absolute atomic E-state index is 0.0134. The highest BCUT2D eigenvalue weighted by Crippen LogP contribution is 2.21. The maximum absolute atomic E-state index is 12.1. The molecule has 0 unspecified atom stereocenters. The maximum Gasteiger partial charge on any atom is 0.321 e. The average Bonchev–Trinajstić information content (AvgIpc) is 2.41. The first-order valence-electron chi connectivity index (χ1n) is 7.28. The fourth-order valence-corrected chi connectivity index (χ4v) is 3.00. The Morgan fingerprint density at radius 1 is 1.10 bits per heavy atom. The number of benzene rings is 1. The van der Waals surface area contributed by atoms with Crippen molar-refractivity contribution in [1.29, 1.82) is 0 Å². The first-order valence-corrected chi connectivity index (χ1v) is 7.66.